The lowest BCUT2D eigenvalue weighted by atomic mass is 9.96. The van der Waals surface area contributed by atoms with E-state index in [0.717, 1.165) is 55.6 Å². The van der Waals surface area contributed by atoms with Crippen LogP contribution in [0.1, 0.15) is 22.9 Å². The molecular weight excluding hydrogens is 526 g/mol. The molecule has 1 atom stereocenters. The van der Waals surface area contributed by atoms with E-state index in [4.69, 9.17) is 14.4 Å². The third-order valence-corrected chi connectivity index (χ3v) is 7.96. The summed E-state index contributed by atoms with van der Waals surface area (Å²) in [6.07, 6.45) is -0.251. The van der Waals surface area contributed by atoms with Crippen LogP contribution in [0.3, 0.4) is 0 Å². The Kier molecular flexibility index (Phi) is 6.16. The van der Waals surface area contributed by atoms with Gasteiger partial charge in [0, 0.05) is 21.9 Å². The van der Waals surface area contributed by atoms with E-state index >= 15 is 0 Å². The second kappa shape index (κ2) is 10.6. The van der Waals surface area contributed by atoms with E-state index in [1.807, 2.05) is 54.6 Å². The maximum atomic E-state index is 6.35. The highest BCUT2D eigenvalue weighted by Gasteiger charge is 2.22. The molecule has 7 aromatic rings. The minimum Gasteiger partial charge on any atom is -0.456 e. The summed E-state index contributed by atoms with van der Waals surface area (Å²) in [6, 6.07) is 52.2. The highest BCUT2D eigenvalue weighted by atomic mass is 16.3. The molecule has 1 aliphatic heterocycles. The molecule has 1 aliphatic rings. The van der Waals surface area contributed by atoms with Crippen LogP contribution in [-0.4, -0.2) is 11.7 Å². The Morgan fingerprint density at radius 1 is 0.512 bits per heavy atom. The molecule has 0 saturated carbocycles. The minimum atomic E-state index is -0.251. The minimum absolute atomic E-state index is 0.251. The molecule has 43 heavy (non-hydrogen) atoms. The molecule has 2 heterocycles. The zero-order chi connectivity index (χ0) is 28.6. The van der Waals surface area contributed by atoms with Gasteiger partial charge in [-0.2, -0.15) is 0 Å². The van der Waals surface area contributed by atoms with Gasteiger partial charge in [0.15, 0.2) is 5.84 Å². The highest BCUT2D eigenvalue weighted by Crippen LogP contribution is 2.38. The average Bonchev–Trinajstić information content (AvgIpc) is 3.48. The topological polar surface area (TPSA) is 49.9 Å². The number of hydrogen-bond acceptors (Lipinski definition) is 4. The molecule has 0 amide bonds. The summed E-state index contributed by atoms with van der Waals surface area (Å²) < 4.78 is 6.35. The van der Waals surface area contributed by atoms with Crippen LogP contribution in [-0.2, 0) is 0 Å². The van der Waals surface area contributed by atoms with Gasteiger partial charge in [0.1, 0.15) is 23.2 Å². The van der Waals surface area contributed by atoms with Crippen molar-refractivity contribution in [2.45, 2.75) is 6.17 Å². The lowest BCUT2D eigenvalue weighted by Crippen LogP contribution is -2.33. The van der Waals surface area contributed by atoms with Crippen molar-refractivity contribution >= 4 is 33.6 Å². The lowest BCUT2D eigenvalue weighted by Gasteiger charge is -2.23. The maximum Gasteiger partial charge on any atom is 0.159 e. The summed E-state index contributed by atoms with van der Waals surface area (Å²) in [6.45, 7) is 0. The number of hydrogen-bond donors (Lipinski definition) is 1. The molecule has 204 valence electrons. The number of nitrogens with one attached hydrogen (secondary N) is 1. The zero-order valence-corrected chi connectivity index (χ0v) is 23.3. The van der Waals surface area contributed by atoms with Crippen LogP contribution in [0.15, 0.2) is 166 Å². The van der Waals surface area contributed by atoms with Crippen molar-refractivity contribution in [3.63, 3.8) is 0 Å². The van der Waals surface area contributed by atoms with Gasteiger partial charge in [-0.1, -0.05) is 127 Å². The Balaban J connectivity index is 1.23. The van der Waals surface area contributed by atoms with Crippen molar-refractivity contribution < 1.29 is 4.42 Å². The van der Waals surface area contributed by atoms with Gasteiger partial charge in [-0.3, -0.25) is 0 Å². The Bertz CT molecular complexity index is 2130. The van der Waals surface area contributed by atoms with Crippen molar-refractivity contribution in [1.82, 2.24) is 5.32 Å². The first-order chi connectivity index (χ1) is 21.3. The maximum absolute atomic E-state index is 6.35. The Hall–Kier alpha value is -5.74. The van der Waals surface area contributed by atoms with Crippen molar-refractivity contribution in [3.8, 4) is 22.3 Å². The van der Waals surface area contributed by atoms with Crippen molar-refractivity contribution in [2.75, 3.05) is 0 Å². The quantitative estimate of drug-likeness (QED) is 0.231. The van der Waals surface area contributed by atoms with Crippen LogP contribution in [0, 0.1) is 0 Å². The summed E-state index contributed by atoms with van der Waals surface area (Å²) in [7, 11) is 0. The van der Waals surface area contributed by atoms with Crippen LogP contribution >= 0.6 is 0 Å². The van der Waals surface area contributed by atoms with Gasteiger partial charge in [0.25, 0.3) is 0 Å². The number of aliphatic imine (C=N–C) groups is 2. The van der Waals surface area contributed by atoms with Crippen molar-refractivity contribution in [1.29, 1.82) is 0 Å². The molecule has 4 nitrogen and oxygen atoms in total. The third kappa shape index (κ3) is 4.69. The second-order valence-electron chi connectivity index (χ2n) is 10.7. The first-order valence-corrected chi connectivity index (χ1v) is 14.5. The second-order valence-corrected chi connectivity index (χ2v) is 10.7. The van der Waals surface area contributed by atoms with Crippen LogP contribution in [0.2, 0.25) is 0 Å². The Labute approximate surface area is 249 Å². The van der Waals surface area contributed by atoms with E-state index in [2.05, 4.69) is 102 Å². The fourth-order valence-corrected chi connectivity index (χ4v) is 5.81. The van der Waals surface area contributed by atoms with Crippen molar-refractivity contribution in [2.24, 2.45) is 9.98 Å². The van der Waals surface area contributed by atoms with Gasteiger partial charge in [-0.15, -0.1) is 0 Å². The van der Waals surface area contributed by atoms with Gasteiger partial charge in [-0.05, 0) is 52.1 Å². The van der Waals surface area contributed by atoms with E-state index in [-0.39, 0.29) is 6.17 Å². The number of benzene rings is 6. The van der Waals surface area contributed by atoms with Crippen LogP contribution in [0.4, 0.5) is 0 Å². The number of amidine groups is 2. The summed E-state index contributed by atoms with van der Waals surface area (Å²) in [5.41, 5.74) is 9.45. The van der Waals surface area contributed by atoms with E-state index < -0.39 is 0 Å². The smallest absolute Gasteiger partial charge is 0.159 e. The van der Waals surface area contributed by atoms with Crippen LogP contribution in [0.5, 0.6) is 0 Å². The molecule has 0 aliphatic carbocycles. The van der Waals surface area contributed by atoms with Crippen molar-refractivity contribution in [3.05, 3.63) is 168 Å². The summed E-state index contributed by atoms with van der Waals surface area (Å²) >= 11 is 0. The standard InChI is InChI=1S/C39H27N3O/c1-4-11-26(12-5-1)27-19-21-28(22-20-27)32-17-10-18-35-36(32)33-25-31(23-24-34(33)43-35)39-41-37(29-13-6-2-7-14-29)40-38(42-39)30-15-8-3-9-16-30/h1-25,37H,(H,40,41,42). The zero-order valence-electron chi connectivity index (χ0n) is 23.3. The molecule has 0 fully saturated rings. The third-order valence-electron chi connectivity index (χ3n) is 7.96. The predicted molar refractivity (Wildman–Crippen MR) is 176 cm³/mol. The van der Waals surface area contributed by atoms with Gasteiger partial charge < -0.3 is 9.73 Å². The first-order valence-electron chi connectivity index (χ1n) is 14.5. The van der Waals surface area contributed by atoms with E-state index in [0.29, 0.717) is 5.84 Å². The van der Waals surface area contributed by atoms with E-state index in [1.165, 1.54) is 11.1 Å². The molecule has 0 spiro atoms. The number of rotatable bonds is 5. The molecule has 6 aromatic carbocycles. The van der Waals surface area contributed by atoms with E-state index in [9.17, 15) is 0 Å². The predicted octanol–water partition coefficient (Wildman–Crippen LogP) is 9.42. The normalized spacial score (nSPS) is 14.7. The molecule has 8 rings (SSSR count). The first kappa shape index (κ1) is 25.0. The molecular formula is C39H27N3O. The van der Waals surface area contributed by atoms with Crippen LogP contribution in [0.25, 0.3) is 44.2 Å². The summed E-state index contributed by atoms with van der Waals surface area (Å²) in [5.74, 6) is 1.49. The Morgan fingerprint density at radius 3 is 1.88 bits per heavy atom. The van der Waals surface area contributed by atoms with Gasteiger partial charge >= 0.3 is 0 Å². The fraction of sp³-hybridized carbons (Fsp3) is 0.0256. The average molecular weight is 554 g/mol. The van der Waals surface area contributed by atoms with Gasteiger partial charge in [0.2, 0.25) is 0 Å². The molecule has 1 unspecified atom stereocenters. The van der Waals surface area contributed by atoms with E-state index in [1.54, 1.807) is 0 Å². The molecule has 0 radical (unpaired) electrons. The molecule has 0 bridgehead atoms. The van der Waals surface area contributed by atoms with Gasteiger partial charge in [-0.25, -0.2) is 9.98 Å². The van der Waals surface area contributed by atoms with Gasteiger partial charge in [0.05, 0.1) is 0 Å². The number of fused-ring (bicyclic) bond motifs is 3. The Morgan fingerprint density at radius 2 is 1.14 bits per heavy atom. The van der Waals surface area contributed by atoms with Crippen LogP contribution < -0.4 is 5.32 Å². The molecule has 4 heteroatoms. The fourth-order valence-electron chi connectivity index (χ4n) is 5.81. The summed E-state index contributed by atoms with van der Waals surface area (Å²) in [5, 5.41) is 5.74. The SMILES string of the molecule is c1ccc(C2=NC(c3ccccc3)NC(c3ccc4oc5cccc(-c6ccc(-c7ccccc7)cc6)c5c4c3)=N2)cc1. The molecule has 0 saturated heterocycles. The molecule has 1 N–H and O–H groups in total. The molecule has 1 aromatic heterocycles. The largest absolute Gasteiger partial charge is 0.456 e. The number of furan rings is 1. The number of nitrogens with zero attached hydrogens (tertiary/aromatic N) is 2. The summed E-state index contributed by atoms with van der Waals surface area (Å²) in [4.78, 5) is 10.00. The highest BCUT2D eigenvalue weighted by molar-refractivity contribution is 6.17. The monoisotopic (exact) mass is 553 g/mol. The lowest BCUT2D eigenvalue weighted by molar-refractivity contribution is 0.668.